The van der Waals surface area contributed by atoms with Crippen molar-refractivity contribution in [2.45, 2.75) is 26.4 Å². The molecule has 2 rings (SSSR count). The Morgan fingerprint density at radius 1 is 1.53 bits per heavy atom. The Balaban J connectivity index is 2.49. The highest BCUT2D eigenvalue weighted by Crippen LogP contribution is 2.27. The lowest BCUT2D eigenvalue weighted by atomic mass is 10.1. The standard InChI is InChI=1S/C13H19N5O/c1-4-18-10(8-9(2)17-18)12(16-14)13-11(19-3)6-5-7-15-13/h5-8,12,16H,4,14H2,1-3H3. The van der Waals surface area contributed by atoms with Crippen LogP contribution in [0.1, 0.15) is 30.0 Å². The molecule has 19 heavy (non-hydrogen) atoms. The van der Waals surface area contributed by atoms with Gasteiger partial charge < -0.3 is 4.74 Å². The monoisotopic (exact) mass is 261 g/mol. The van der Waals surface area contributed by atoms with Crippen molar-refractivity contribution in [2.75, 3.05) is 7.11 Å². The first-order valence-corrected chi connectivity index (χ1v) is 6.20. The third-order valence-electron chi connectivity index (χ3n) is 2.99. The first kappa shape index (κ1) is 13.5. The van der Waals surface area contributed by atoms with Crippen LogP contribution in [-0.4, -0.2) is 21.9 Å². The summed E-state index contributed by atoms with van der Waals surface area (Å²) in [4.78, 5) is 4.37. The Kier molecular flexibility index (Phi) is 4.13. The molecule has 0 aliphatic carbocycles. The topological polar surface area (TPSA) is 78.0 Å². The molecular weight excluding hydrogens is 242 g/mol. The molecule has 0 saturated heterocycles. The van der Waals surface area contributed by atoms with Gasteiger partial charge in [0.05, 0.1) is 18.5 Å². The van der Waals surface area contributed by atoms with Crippen LogP contribution in [0.25, 0.3) is 0 Å². The molecule has 6 nitrogen and oxygen atoms in total. The molecular formula is C13H19N5O. The molecule has 0 amide bonds. The smallest absolute Gasteiger partial charge is 0.142 e. The lowest BCUT2D eigenvalue weighted by Crippen LogP contribution is -2.31. The molecule has 6 heteroatoms. The predicted molar refractivity (Wildman–Crippen MR) is 72.6 cm³/mol. The van der Waals surface area contributed by atoms with E-state index >= 15 is 0 Å². The lowest BCUT2D eigenvalue weighted by Gasteiger charge is -2.18. The molecule has 2 aromatic heterocycles. The van der Waals surface area contributed by atoms with Crippen molar-refractivity contribution in [1.29, 1.82) is 0 Å². The van der Waals surface area contributed by atoms with Gasteiger partial charge in [-0.2, -0.15) is 5.10 Å². The maximum absolute atomic E-state index is 5.71. The summed E-state index contributed by atoms with van der Waals surface area (Å²) < 4.78 is 7.25. The van der Waals surface area contributed by atoms with Gasteiger partial charge in [0.2, 0.25) is 0 Å². The number of ether oxygens (including phenoxy) is 1. The van der Waals surface area contributed by atoms with Gasteiger partial charge in [0.1, 0.15) is 17.5 Å². The van der Waals surface area contributed by atoms with E-state index in [-0.39, 0.29) is 6.04 Å². The van der Waals surface area contributed by atoms with Crippen LogP contribution in [0, 0.1) is 6.92 Å². The number of hydrogen-bond acceptors (Lipinski definition) is 5. The summed E-state index contributed by atoms with van der Waals surface area (Å²) >= 11 is 0. The number of hydrazine groups is 1. The number of hydrogen-bond donors (Lipinski definition) is 2. The number of methoxy groups -OCH3 is 1. The van der Waals surface area contributed by atoms with Gasteiger partial charge in [0.15, 0.2) is 0 Å². The van der Waals surface area contributed by atoms with Crippen molar-refractivity contribution in [1.82, 2.24) is 20.2 Å². The second-order valence-corrected chi connectivity index (χ2v) is 4.22. The first-order chi connectivity index (χ1) is 9.21. The minimum atomic E-state index is -0.253. The summed E-state index contributed by atoms with van der Waals surface area (Å²) in [5, 5.41) is 4.43. The minimum absolute atomic E-state index is 0.253. The second kappa shape index (κ2) is 5.81. The van der Waals surface area contributed by atoms with E-state index in [1.165, 1.54) is 0 Å². The van der Waals surface area contributed by atoms with Gasteiger partial charge in [-0.05, 0) is 32.0 Å². The fourth-order valence-corrected chi connectivity index (χ4v) is 2.15. The highest BCUT2D eigenvalue weighted by Gasteiger charge is 2.22. The van der Waals surface area contributed by atoms with Crippen LogP contribution in [0.15, 0.2) is 24.4 Å². The molecule has 3 N–H and O–H groups in total. The molecule has 2 heterocycles. The quantitative estimate of drug-likeness (QED) is 0.624. The van der Waals surface area contributed by atoms with Crippen LogP contribution in [0.4, 0.5) is 0 Å². The highest BCUT2D eigenvalue weighted by atomic mass is 16.5. The Hall–Kier alpha value is -1.92. The number of aromatic nitrogens is 3. The number of aryl methyl sites for hydroxylation is 2. The van der Waals surface area contributed by atoms with E-state index in [0.717, 1.165) is 23.6 Å². The molecule has 0 bridgehead atoms. The third kappa shape index (κ3) is 2.59. The highest BCUT2D eigenvalue weighted by molar-refractivity contribution is 5.35. The zero-order chi connectivity index (χ0) is 13.8. The van der Waals surface area contributed by atoms with Gasteiger partial charge in [0, 0.05) is 12.7 Å². The van der Waals surface area contributed by atoms with Crippen LogP contribution in [0.5, 0.6) is 5.75 Å². The molecule has 102 valence electrons. The van der Waals surface area contributed by atoms with Crippen LogP contribution in [-0.2, 0) is 6.54 Å². The molecule has 0 saturated carbocycles. The van der Waals surface area contributed by atoms with E-state index in [4.69, 9.17) is 10.6 Å². The fraction of sp³-hybridized carbons (Fsp3) is 0.385. The van der Waals surface area contributed by atoms with Crippen LogP contribution >= 0.6 is 0 Å². The van der Waals surface area contributed by atoms with Crippen LogP contribution in [0.2, 0.25) is 0 Å². The van der Waals surface area contributed by atoms with E-state index in [1.54, 1.807) is 13.3 Å². The number of rotatable bonds is 5. The average molecular weight is 261 g/mol. The van der Waals surface area contributed by atoms with Gasteiger partial charge in [-0.25, -0.2) is 5.43 Å². The largest absolute Gasteiger partial charge is 0.495 e. The zero-order valence-corrected chi connectivity index (χ0v) is 11.4. The molecule has 0 aliphatic heterocycles. The van der Waals surface area contributed by atoms with Gasteiger partial charge >= 0.3 is 0 Å². The van der Waals surface area contributed by atoms with E-state index in [0.29, 0.717) is 5.75 Å². The number of pyridine rings is 1. The van der Waals surface area contributed by atoms with E-state index in [9.17, 15) is 0 Å². The summed E-state index contributed by atoms with van der Waals surface area (Å²) in [5.41, 5.74) is 5.47. The maximum Gasteiger partial charge on any atom is 0.142 e. The molecule has 0 aromatic carbocycles. The van der Waals surface area contributed by atoms with Crippen molar-refractivity contribution in [2.24, 2.45) is 5.84 Å². The molecule has 1 atom stereocenters. The van der Waals surface area contributed by atoms with Gasteiger partial charge in [-0.3, -0.25) is 15.5 Å². The minimum Gasteiger partial charge on any atom is -0.495 e. The Morgan fingerprint density at radius 3 is 2.95 bits per heavy atom. The Labute approximate surface area is 112 Å². The summed E-state index contributed by atoms with van der Waals surface area (Å²) in [5.74, 6) is 6.41. The van der Waals surface area contributed by atoms with E-state index in [2.05, 4.69) is 15.5 Å². The molecule has 0 fully saturated rings. The molecule has 2 aromatic rings. The van der Waals surface area contributed by atoms with Crippen molar-refractivity contribution >= 4 is 0 Å². The SMILES string of the molecule is CCn1nc(C)cc1C(NN)c1ncccc1OC. The summed E-state index contributed by atoms with van der Waals surface area (Å²) in [6, 6.07) is 5.45. The van der Waals surface area contributed by atoms with Gasteiger partial charge in [0.25, 0.3) is 0 Å². The van der Waals surface area contributed by atoms with Crippen molar-refractivity contribution in [3.05, 3.63) is 41.5 Å². The van der Waals surface area contributed by atoms with Crippen molar-refractivity contribution in [3.63, 3.8) is 0 Å². The Morgan fingerprint density at radius 2 is 2.32 bits per heavy atom. The third-order valence-corrected chi connectivity index (χ3v) is 2.99. The fourth-order valence-electron chi connectivity index (χ4n) is 2.15. The normalized spacial score (nSPS) is 12.4. The summed E-state index contributed by atoms with van der Waals surface area (Å²) in [6.45, 7) is 4.77. The molecule has 0 spiro atoms. The van der Waals surface area contributed by atoms with Gasteiger partial charge in [-0.1, -0.05) is 0 Å². The van der Waals surface area contributed by atoms with E-state index in [1.807, 2.05) is 36.7 Å². The number of nitrogens with one attached hydrogen (secondary N) is 1. The predicted octanol–water partition coefficient (Wildman–Crippen LogP) is 1.17. The average Bonchev–Trinajstić information content (AvgIpc) is 2.81. The lowest BCUT2D eigenvalue weighted by molar-refractivity contribution is 0.397. The van der Waals surface area contributed by atoms with Crippen molar-refractivity contribution < 1.29 is 4.74 Å². The van der Waals surface area contributed by atoms with E-state index < -0.39 is 0 Å². The summed E-state index contributed by atoms with van der Waals surface area (Å²) in [6.07, 6.45) is 1.72. The van der Waals surface area contributed by atoms with Crippen molar-refractivity contribution in [3.8, 4) is 5.75 Å². The zero-order valence-electron chi connectivity index (χ0n) is 11.4. The summed E-state index contributed by atoms with van der Waals surface area (Å²) in [7, 11) is 1.62. The molecule has 0 radical (unpaired) electrons. The Bertz CT molecular complexity index is 552. The van der Waals surface area contributed by atoms with Crippen LogP contribution < -0.4 is 16.0 Å². The number of nitrogens with two attached hydrogens (primary N) is 1. The second-order valence-electron chi connectivity index (χ2n) is 4.22. The maximum atomic E-state index is 5.71. The number of nitrogens with zero attached hydrogens (tertiary/aromatic N) is 3. The van der Waals surface area contributed by atoms with Crippen LogP contribution in [0.3, 0.4) is 0 Å². The van der Waals surface area contributed by atoms with Gasteiger partial charge in [-0.15, -0.1) is 0 Å². The molecule has 1 unspecified atom stereocenters. The molecule has 0 aliphatic rings. The first-order valence-electron chi connectivity index (χ1n) is 6.20.